The van der Waals surface area contributed by atoms with E-state index in [1.165, 1.54) is 11.3 Å². The van der Waals surface area contributed by atoms with Gasteiger partial charge in [-0.25, -0.2) is 0 Å². The van der Waals surface area contributed by atoms with Crippen molar-refractivity contribution in [2.24, 2.45) is 11.8 Å². The number of morpholine rings is 1. The zero-order valence-corrected chi connectivity index (χ0v) is 17.1. The van der Waals surface area contributed by atoms with Crippen LogP contribution in [-0.2, 0) is 14.3 Å². The number of piperidine rings is 1. The highest BCUT2D eigenvalue weighted by molar-refractivity contribution is 7.12. The van der Waals surface area contributed by atoms with E-state index in [0.29, 0.717) is 45.1 Å². The number of hydrogen-bond donors (Lipinski definition) is 0. The molecule has 1 amide bonds. The molecule has 1 atom stereocenters. The standard InChI is InChI=1S/C20H30N2O4S/c1-15(2)12-21-9-10-25-17(13-21)14-26-20(24)16-5-7-22(8-6-16)19(23)18-4-3-11-27-18/h3-4,11,15-17H,5-10,12-14H2,1-2H3. The van der Waals surface area contributed by atoms with Crippen molar-refractivity contribution in [3.63, 3.8) is 0 Å². The summed E-state index contributed by atoms with van der Waals surface area (Å²) in [4.78, 5) is 29.8. The van der Waals surface area contributed by atoms with Gasteiger partial charge in [0.2, 0.25) is 0 Å². The molecule has 1 aromatic rings. The number of esters is 1. The Labute approximate surface area is 165 Å². The van der Waals surface area contributed by atoms with Gasteiger partial charge in [-0.1, -0.05) is 19.9 Å². The van der Waals surface area contributed by atoms with E-state index >= 15 is 0 Å². The van der Waals surface area contributed by atoms with Gasteiger partial charge in [0.15, 0.2) is 0 Å². The van der Waals surface area contributed by atoms with Gasteiger partial charge in [0.25, 0.3) is 5.91 Å². The number of hydrogen-bond acceptors (Lipinski definition) is 6. The first kappa shape index (κ1) is 20.3. The number of nitrogens with zero attached hydrogens (tertiary/aromatic N) is 2. The van der Waals surface area contributed by atoms with Crippen LogP contribution >= 0.6 is 11.3 Å². The molecule has 0 N–H and O–H groups in total. The van der Waals surface area contributed by atoms with E-state index in [4.69, 9.17) is 9.47 Å². The topological polar surface area (TPSA) is 59.1 Å². The highest BCUT2D eigenvalue weighted by Gasteiger charge is 2.30. The van der Waals surface area contributed by atoms with Gasteiger partial charge in [0, 0.05) is 32.7 Å². The first-order valence-corrected chi connectivity index (χ1v) is 10.7. The Morgan fingerprint density at radius 2 is 2.07 bits per heavy atom. The van der Waals surface area contributed by atoms with Crippen LogP contribution in [0.15, 0.2) is 17.5 Å². The molecule has 0 aliphatic carbocycles. The Hall–Kier alpha value is -1.44. The van der Waals surface area contributed by atoms with Crippen molar-refractivity contribution < 1.29 is 19.1 Å². The molecule has 0 radical (unpaired) electrons. The van der Waals surface area contributed by atoms with E-state index in [1.54, 1.807) is 0 Å². The Bertz CT molecular complexity index is 612. The molecule has 7 heteroatoms. The minimum atomic E-state index is -0.150. The van der Waals surface area contributed by atoms with E-state index in [1.807, 2.05) is 22.4 Å². The van der Waals surface area contributed by atoms with E-state index in [0.717, 1.165) is 24.5 Å². The van der Waals surface area contributed by atoms with Crippen molar-refractivity contribution in [3.05, 3.63) is 22.4 Å². The smallest absolute Gasteiger partial charge is 0.309 e. The second kappa shape index (κ2) is 9.66. The average Bonchev–Trinajstić information content (AvgIpc) is 3.20. The van der Waals surface area contributed by atoms with Gasteiger partial charge in [-0.3, -0.25) is 14.5 Å². The van der Waals surface area contributed by atoms with Crippen molar-refractivity contribution in [2.75, 3.05) is 45.9 Å². The largest absolute Gasteiger partial charge is 0.463 e. The van der Waals surface area contributed by atoms with Crippen LogP contribution in [0.4, 0.5) is 0 Å². The molecule has 0 saturated carbocycles. The van der Waals surface area contributed by atoms with Crippen LogP contribution in [0.25, 0.3) is 0 Å². The molecule has 1 unspecified atom stereocenters. The molecular formula is C20H30N2O4S. The fourth-order valence-corrected chi connectivity index (χ4v) is 4.42. The van der Waals surface area contributed by atoms with Crippen LogP contribution in [0.2, 0.25) is 0 Å². The third-order valence-electron chi connectivity index (χ3n) is 5.11. The summed E-state index contributed by atoms with van der Waals surface area (Å²) in [5.74, 6) is 0.418. The summed E-state index contributed by atoms with van der Waals surface area (Å²) in [7, 11) is 0. The molecule has 3 heterocycles. The van der Waals surface area contributed by atoms with E-state index < -0.39 is 0 Å². The molecule has 1 aromatic heterocycles. The second-order valence-electron chi connectivity index (χ2n) is 7.82. The molecule has 150 valence electrons. The predicted molar refractivity (Wildman–Crippen MR) is 105 cm³/mol. The second-order valence-corrected chi connectivity index (χ2v) is 8.77. The van der Waals surface area contributed by atoms with Gasteiger partial charge in [-0.05, 0) is 30.2 Å². The number of likely N-dealkylation sites (tertiary alicyclic amines) is 1. The van der Waals surface area contributed by atoms with E-state index in [-0.39, 0.29) is 23.9 Å². The summed E-state index contributed by atoms with van der Waals surface area (Å²) in [6, 6.07) is 3.73. The SMILES string of the molecule is CC(C)CN1CCOC(COC(=O)C2CCN(C(=O)c3cccs3)CC2)C1. The molecule has 0 aromatic carbocycles. The average molecular weight is 395 g/mol. The molecule has 27 heavy (non-hydrogen) atoms. The zero-order chi connectivity index (χ0) is 19.2. The fourth-order valence-electron chi connectivity index (χ4n) is 3.73. The fraction of sp³-hybridized carbons (Fsp3) is 0.700. The summed E-state index contributed by atoms with van der Waals surface area (Å²) < 4.78 is 11.3. The van der Waals surface area contributed by atoms with Gasteiger partial charge in [0.05, 0.1) is 17.4 Å². The molecule has 2 aliphatic rings. The molecule has 2 fully saturated rings. The Balaban J connectivity index is 1.39. The lowest BCUT2D eigenvalue weighted by atomic mass is 9.97. The first-order chi connectivity index (χ1) is 13.0. The number of rotatable bonds is 6. The summed E-state index contributed by atoms with van der Waals surface area (Å²) in [6.07, 6.45) is 1.30. The molecule has 3 rings (SSSR count). The lowest BCUT2D eigenvalue weighted by molar-refractivity contribution is -0.156. The van der Waals surface area contributed by atoms with Crippen molar-refractivity contribution in [2.45, 2.75) is 32.8 Å². The van der Waals surface area contributed by atoms with Crippen molar-refractivity contribution in [3.8, 4) is 0 Å². The Kier molecular flexibility index (Phi) is 7.26. The maximum absolute atomic E-state index is 12.4. The van der Waals surface area contributed by atoms with Gasteiger partial charge >= 0.3 is 5.97 Å². The van der Waals surface area contributed by atoms with Crippen molar-refractivity contribution in [1.82, 2.24) is 9.80 Å². The first-order valence-electron chi connectivity index (χ1n) is 9.86. The van der Waals surface area contributed by atoms with Crippen LogP contribution in [-0.4, -0.2) is 73.7 Å². The molecular weight excluding hydrogens is 364 g/mol. The summed E-state index contributed by atoms with van der Waals surface area (Å²) >= 11 is 1.46. The summed E-state index contributed by atoms with van der Waals surface area (Å²) in [6.45, 7) is 9.46. The quantitative estimate of drug-likeness (QED) is 0.694. The number of carbonyl (C=O) groups is 2. The van der Waals surface area contributed by atoms with Crippen LogP contribution in [0.1, 0.15) is 36.4 Å². The summed E-state index contributed by atoms with van der Waals surface area (Å²) in [5.41, 5.74) is 0. The number of thiophene rings is 1. The highest BCUT2D eigenvalue weighted by atomic mass is 32.1. The monoisotopic (exact) mass is 394 g/mol. The number of amides is 1. The van der Waals surface area contributed by atoms with Crippen molar-refractivity contribution >= 4 is 23.2 Å². The maximum atomic E-state index is 12.4. The normalized spacial score (nSPS) is 22.2. The van der Waals surface area contributed by atoms with Gasteiger partial charge in [-0.2, -0.15) is 0 Å². The molecule has 0 bridgehead atoms. The minimum absolute atomic E-state index is 0.0399. The summed E-state index contributed by atoms with van der Waals surface area (Å²) in [5, 5.41) is 1.91. The van der Waals surface area contributed by atoms with Gasteiger partial charge in [0.1, 0.15) is 12.7 Å². The number of ether oxygens (including phenoxy) is 2. The minimum Gasteiger partial charge on any atom is -0.463 e. The molecule has 0 spiro atoms. The number of carbonyl (C=O) groups excluding carboxylic acids is 2. The van der Waals surface area contributed by atoms with E-state index in [2.05, 4.69) is 18.7 Å². The predicted octanol–water partition coefficient (Wildman–Crippen LogP) is 2.50. The van der Waals surface area contributed by atoms with Crippen LogP contribution in [0, 0.1) is 11.8 Å². The third-order valence-corrected chi connectivity index (χ3v) is 5.96. The maximum Gasteiger partial charge on any atom is 0.309 e. The van der Waals surface area contributed by atoms with E-state index in [9.17, 15) is 9.59 Å². The van der Waals surface area contributed by atoms with Crippen LogP contribution in [0.3, 0.4) is 0 Å². The zero-order valence-electron chi connectivity index (χ0n) is 16.3. The molecule has 2 saturated heterocycles. The lowest BCUT2D eigenvalue weighted by Gasteiger charge is -2.34. The lowest BCUT2D eigenvalue weighted by Crippen LogP contribution is -2.46. The Morgan fingerprint density at radius 1 is 1.30 bits per heavy atom. The molecule has 2 aliphatic heterocycles. The van der Waals surface area contributed by atoms with Gasteiger partial charge < -0.3 is 14.4 Å². The molecule has 6 nitrogen and oxygen atoms in total. The van der Waals surface area contributed by atoms with Crippen LogP contribution in [0.5, 0.6) is 0 Å². The Morgan fingerprint density at radius 3 is 2.74 bits per heavy atom. The van der Waals surface area contributed by atoms with Crippen LogP contribution < -0.4 is 0 Å². The third kappa shape index (κ3) is 5.77. The van der Waals surface area contributed by atoms with Crippen molar-refractivity contribution in [1.29, 1.82) is 0 Å². The highest BCUT2D eigenvalue weighted by Crippen LogP contribution is 2.22. The van der Waals surface area contributed by atoms with Gasteiger partial charge in [-0.15, -0.1) is 11.3 Å².